The SMILES string of the molecule is COc1ccc2c(c1)c(-c1ccc(C(C)C)cc1)nc(=O)n2Cc1cccnc1. The fraction of sp³-hybridized carbons (Fsp3) is 0.208. The van der Waals surface area contributed by atoms with Gasteiger partial charge in [0.15, 0.2) is 0 Å². The molecule has 2 aromatic heterocycles. The fourth-order valence-electron chi connectivity index (χ4n) is 3.46. The highest BCUT2D eigenvalue weighted by Crippen LogP contribution is 2.30. The molecule has 0 aliphatic carbocycles. The molecule has 0 aliphatic heterocycles. The third-order valence-electron chi connectivity index (χ3n) is 5.10. The van der Waals surface area contributed by atoms with Gasteiger partial charge in [-0.3, -0.25) is 9.55 Å². The topological polar surface area (TPSA) is 57.0 Å². The highest BCUT2D eigenvalue weighted by atomic mass is 16.5. The third kappa shape index (κ3) is 3.76. The molecule has 5 heteroatoms. The number of benzene rings is 2. The maximum absolute atomic E-state index is 13.0. The summed E-state index contributed by atoms with van der Waals surface area (Å²) in [5.41, 5.74) is 4.31. The lowest BCUT2D eigenvalue weighted by Crippen LogP contribution is -2.24. The number of ether oxygens (including phenoxy) is 1. The summed E-state index contributed by atoms with van der Waals surface area (Å²) in [6.45, 7) is 4.73. The van der Waals surface area contributed by atoms with Gasteiger partial charge in [-0.25, -0.2) is 4.79 Å². The zero-order chi connectivity index (χ0) is 20.4. The van der Waals surface area contributed by atoms with E-state index in [-0.39, 0.29) is 5.69 Å². The van der Waals surface area contributed by atoms with E-state index in [9.17, 15) is 4.79 Å². The third-order valence-corrected chi connectivity index (χ3v) is 5.10. The van der Waals surface area contributed by atoms with Crippen molar-refractivity contribution in [3.63, 3.8) is 0 Å². The molecule has 5 nitrogen and oxygen atoms in total. The van der Waals surface area contributed by atoms with Crippen LogP contribution in [-0.4, -0.2) is 21.6 Å². The minimum Gasteiger partial charge on any atom is -0.497 e. The van der Waals surface area contributed by atoms with Crippen molar-refractivity contribution in [2.45, 2.75) is 26.3 Å². The molecule has 0 saturated carbocycles. The standard InChI is InChI=1S/C24H23N3O2/c1-16(2)18-6-8-19(9-7-18)23-21-13-20(29-3)10-11-22(21)27(24(28)26-23)15-17-5-4-12-25-14-17/h4-14,16H,15H2,1-3H3. The number of fused-ring (bicyclic) bond motifs is 1. The molecule has 4 rings (SSSR count). The molecule has 0 radical (unpaired) electrons. The van der Waals surface area contributed by atoms with Crippen LogP contribution in [0.15, 0.2) is 71.8 Å². The zero-order valence-electron chi connectivity index (χ0n) is 16.8. The highest BCUT2D eigenvalue weighted by molar-refractivity contribution is 5.93. The first-order valence-electron chi connectivity index (χ1n) is 9.64. The molecule has 2 aromatic carbocycles. The molecule has 0 aliphatic rings. The van der Waals surface area contributed by atoms with Gasteiger partial charge in [0.05, 0.1) is 24.9 Å². The minimum absolute atomic E-state index is 0.283. The van der Waals surface area contributed by atoms with Crippen LogP contribution in [0.4, 0.5) is 0 Å². The Kier molecular flexibility index (Phi) is 5.12. The van der Waals surface area contributed by atoms with E-state index >= 15 is 0 Å². The maximum atomic E-state index is 13.0. The second-order valence-electron chi connectivity index (χ2n) is 7.35. The van der Waals surface area contributed by atoms with E-state index in [0.717, 1.165) is 27.8 Å². The van der Waals surface area contributed by atoms with Gasteiger partial charge in [-0.05, 0) is 41.3 Å². The van der Waals surface area contributed by atoms with Crippen molar-refractivity contribution in [2.24, 2.45) is 0 Å². The van der Waals surface area contributed by atoms with Crippen LogP contribution in [0.3, 0.4) is 0 Å². The van der Waals surface area contributed by atoms with Gasteiger partial charge in [-0.15, -0.1) is 0 Å². The van der Waals surface area contributed by atoms with Crippen LogP contribution in [0.2, 0.25) is 0 Å². The molecule has 0 spiro atoms. The number of hydrogen-bond acceptors (Lipinski definition) is 4. The van der Waals surface area contributed by atoms with Crippen LogP contribution in [0.5, 0.6) is 5.75 Å². The molecule has 29 heavy (non-hydrogen) atoms. The lowest BCUT2D eigenvalue weighted by molar-refractivity contribution is 0.415. The summed E-state index contributed by atoms with van der Waals surface area (Å²) in [5, 5.41) is 0.880. The molecule has 146 valence electrons. The van der Waals surface area contributed by atoms with Crippen LogP contribution >= 0.6 is 0 Å². The fourth-order valence-corrected chi connectivity index (χ4v) is 3.46. The van der Waals surface area contributed by atoms with Crippen molar-refractivity contribution >= 4 is 10.9 Å². The monoisotopic (exact) mass is 385 g/mol. The van der Waals surface area contributed by atoms with Gasteiger partial charge in [0, 0.05) is 23.3 Å². The average molecular weight is 385 g/mol. The lowest BCUT2D eigenvalue weighted by Gasteiger charge is -2.14. The smallest absolute Gasteiger partial charge is 0.348 e. The number of methoxy groups -OCH3 is 1. The van der Waals surface area contributed by atoms with Crippen molar-refractivity contribution in [3.8, 4) is 17.0 Å². The maximum Gasteiger partial charge on any atom is 0.348 e. The van der Waals surface area contributed by atoms with E-state index in [1.54, 1.807) is 24.1 Å². The summed E-state index contributed by atoms with van der Waals surface area (Å²) in [4.78, 5) is 21.6. The zero-order valence-corrected chi connectivity index (χ0v) is 16.8. The van der Waals surface area contributed by atoms with Gasteiger partial charge in [0.2, 0.25) is 0 Å². The second kappa shape index (κ2) is 7.87. The van der Waals surface area contributed by atoms with Gasteiger partial charge >= 0.3 is 5.69 Å². The van der Waals surface area contributed by atoms with Crippen LogP contribution in [0.25, 0.3) is 22.2 Å². The van der Waals surface area contributed by atoms with Crippen molar-refractivity contribution in [1.82, 2.24) is 14.5 Å². The van der Waals surface area contributed by atoms with Gasteiger partial charge in [-0.2, -0.15) is 4.98 Å². The summed E-state index contributed by atoms with van der Waals surface area (Å²) >= 11 is 0. The predicted octanol–water partition coefficient (Wildman–Crippen LogP) is 4.64. The van der Waals surface area contributed by atoms with Crippen molar-refractivity contribution < 1.29 is 4.74 Å². The normalized spacial score (nSPS) is 11.2. The van der Waals surface area contributed by atoms with Gasteiger partial charge in [-0.1, -0.05) is 44.2 Å². The first-order chi connectivity index (χ1) is 14.1. The molecular weight excluding hydrogens is 362 g/mol. The van der Waals surface area contributed by atoms with Gasteiger partial charge in [0.25, 0.3) is 0 Å². The number of hydrogen-bond donors (Lipinski definition) is 0. The van der Waals surface area contributed by atoms with Crippen LogP contribution in [0, 0.1) is 0 Å². The Morgan fingerprint density at radius 2 is 1.86 bits per heavy atom. The Hall–Kier alpha value is -3.47. The number of aromatic nitrogens is 3. The highest BCUT2D eigenvalue weighted by Gasteiger charge is 2.14. The summed E-state index contributed by atoms with van der Waals surface area (Å²) in [6, 6.07) is 17.8. The predicted molar refractivity (Wildman–Crippen MR) is 115 cm³/mol. The molecule has 0 atom stereocenters. The van der Waals surface area contributed by atoms with E-state index in [1.165, 1.54) is 5.56 Å². The Morgan fingerprint density at radius 3 is 2.52 bits per heavy atom. The number of nitrogens with zero attached hydrogens (tertiary/aromatic N) is 3. The molecule has 4 aromatic rings. The lowest BCUT2D eigenvalue weighted by atomic mass is 9.99. The summed E-state index contributed by atoms with van der Waals surface area (Å²) in [5.74, 6) is 1.17. The first-order valence-corrected chi connectivity index (χ1v) is 9.64. The van der Waals surface area contributed by atoms with Crippen LogP contribution in [0.1, 0.15) is 30.9 Å². The molecule has 2 heterocycles. The van der Waals surface area contributed by atoms with Gasteiger partial charge in [0.1, 0.15) is 5.75 Å². The molecule has 0 bridgehead atoms. The minimum atomic E-state index is -0.283. The van der Waals surface area contributed by atoms with Gasteiger partial charge < -0.3 is 4.74 Å². The van der Waals surface area contributed by atoms with E-state index < -0.39 is 0 Å². The van der Waals surface area contributed by atoms with Crippen molar-refractivity contribution in [3.05, 3.63) is 88.6 Å². The second-order valence-corrected chi connectivity index (χ2v) is 7.35. The molecule has 0 unspecified atom stereocenters. The van der Waals surface area contributed by atoms with Crippen LogP contribution < -0.4 is 10.4 Å². The number of rotatable bonds is 5. The Morgan fingerprint density at radius 1 is 1.07 bits per heavy atom. The molecule has 0 fully saturated rings. The molecule has 0 N–H and O–H groups in total. The van der Waals surface area contributed by atoms with E-state index in [4.69, 9.17) is 4.74 Å². The van der Waals surface area contributed by atoms with Crippen LogP contribution in [-0.2, 0) is 6.54 Å². The van der Waals surface area contributed by atoms with E-state index in [0.29, 0.717) is 18.2 Å². The Labute approximate surface area is 169 Å². The largest absolute Gasteiger partial charge is 0.497 e. The Bertz CT molecular complexity index is 1200. The Balaban J connectivity index is 1.91. The molecule has 0 saturated heterocycles. The van der Waals surface area contributed by atoms with Crippen molar-refractivity contribution in [2.75, 3.05) is 7.11 Å². The molecule has 0 amide bonds. The van der Waals surface area contributed by atoms with E-state index in [1.807, 2.05) is 42.5 Å². The summed E-state index contributed by atoms with van der Waals surface area (Å²) < 4.78 is 7.11. The van der Waals surface area contributed by atoms with E-state index in [2.05, 4.69) is 35.9 Å². The summed E-state index contributed by atoms with van der Waals surface area (Å²) in [6.07, 6.45) is 3.48. The first kappa shape index (κ1) is 18.9. The number of pyridine rings is 1. The van der Waals surface area contributed by atoms with Crippen molar-refractivity contribution in [1.29, 1.82) is 0 Å². The molecular formula is C24H23N3O2. The summed E-state index contributed by atoms with van der Waals surface area (Å²) in [7, 11) is 1.64. The quantitative estimate of drug-likeness (QED) is 0.502. The average Bonchev–Trinajstić information content (AvgIpc) is 2.76.